The normalized spacial score (nSPS) is 14.5. The molecule has 2 atom stereocenters. The van der Waals surface area contributed by atoms with Crippen LogP contribution in [0.4, 0.5) is 0 Å². The van der Waals surface area contributed by atoms with Gasteiger partial charge >= 0.3 is 0 Å². The topological polar surface area (TPSA) is 35.2 Å². The molecule has 2 N–H and O–H groups in total. The first-order valence-corrected chi connectivity index (χ1v) is 6.12. The van der Waals surface area contributed by atoms with Gasteiger partial charge in [0.25, 0.3) is 0 Å². The maximum absolute atomic E-state index is 5.90. The molecule has 16 heavy (non-hydrogen) atoms. The molecule has 0 amide bonds. The lowest BCUT2D eigenvalue weighted by molar-refractivity contribution is 0.248. The second-order valence-corrected chi connectivity index (χ2v) is 4.53. The van der Waals surface area contributed by atoms with Crippen LogP contribution < -0.4 is 10.5 Å². The predicted octanol–water partition coefficient (Wildman–Crippen LogP) is 3.52. The van der Waals surface area contributed by atoms with Gasteiger partial charge in [-0.05, 0) is 25.3 Å². The number of hydrogen-bond acceptors (Lipinski definition) is 2. The summed E-state index contributed by atoms with van der Waals surface area (Å²) in [5, 5.41) is 0. The van der Waals surface area contributed by atoms with E-state index in [9.17, 15) is 0 Å². The fraction of sp³-hybridized carbons (Fsp3) is 0.571. The van der Waals surface area contributed by atoms with E-state index in [1.807, 2.05) is 31.2 Å². The molecule has 0 bridgehead atoms. The minimum Gasteiger partial charge on any atom is -0.493 e. The third kappa shape index (κ3) is 3.86. The molecule has 2 nitrogen and oxygen atoms in total. The first kappa shape index (κ1) is 13.0. The highest BCUT2D eigenvalue weighted by Crippen LogP contribution is 2.23. The third-order valence-corrected chi connectivity index (χ3v) is 2.71. The maximum atomic E-state index is 5.90. The lowest BCUT2D eigenvalue weighted by atomic mass is 10.1. The lowest BCUT2D eigenvalue weighted by Gasteiger charge is -2.16. The monoisotopic (exact) mass is 221 g/mol. The SMILES string of the molecule is CCCC(C)COc1ccccc1[C@@H](C)N. The van der Waals surface area contributed by atoms with Crippen molar-refractivity contribution in [1.82, 2.24) is 0 Å². The van der Waals surface area contributed by atoms with Crippen molar-refractivity contribution in [3.8, 4) is 5.75 Å². The number of benzene rings is 1. The molecule has 0 radical (unpaired) electrons. The summed E-state index contributed by atoms with van der Waals surface area (Å²) in [6, 6.07) is 8.05. The fourth-order valence-electron chi connectivity index (χ4n) is 1.80. The van der Waals surface area contributed by atoms with Crippen LogP contribution in [0.2, 0.25) is 0 Å². The van der Waals surface area contributed by atoms with Crippen LogP contribution in [0.25, 0.3) is 0 Å². The Kier molecular flexibility index (Phi) is 5.33. The Morgan fingerprint density at radius 2 is 1.94 bits per heavy atom. The molecule has 0 spiro atoms. The number of para-hydroxylation sites is 1. The van der Waals surface area contributed by atoms with Gasteiger partial charge in [0.2, 0.25) is 0 Å². The van der Waals surface area contributed by atoms with Crippen molar-refractivity contribution in [1.29, 1.82) is 0 Å². The van der Waals surface area contributed by atoms with E-state index in [1.54, 1.807) is 0 Å². The van der Waals surface area contributed by atoms with E-state index in [4.69, 9.17) is 10.5 Å². The molecule has 0 aliphatic carbocycles. The molecule has 0 fully saturated rings. The first-order chi connectivity index (χ1) is 7.65. The van der Waals surface area contributed by atoms with E-state index < -0.39 is 0 Å². The highest BCUT2D eigenvalue weighted by Gasteiger charge is 2.08. The summed E-state index contributed by atoms with van der Waals surface area (Å²) in [5.74, 6) is 1.53. The Morgan fingerprint density at radius 3 is 2.56 bits per heavy atom. The van der Waals surface area contributed by atoms with Crippen LogP contribution in [0.1, 0.15) is 45.2 Å². The van der Waals surface area contributed by atoms with Gasteiger partial charge in [-0.2, -0.15) is 0 Å². The van der Waals surface area contributed by atoms with Crippen molar-refractivity contribution in [3.63, 3.8) is 0 Å². The highest BCUT2D eigenvalue weighted by atomic mass is 16.5. The van der Waals surface area contributed by atoms with Crippen molar-refractivity contribution in [2.75, 3.05) is 6.61 Å². The molecule has 0 aromatic heterocycles. The molecular formula is C14H23NO. The lowest BCUT2D eigenvalue weighted by Crippen LogP contribution is -2.12. The van der Waals surface area contributed by atoms with Gasteiger partial charge in [0.05, 0.1) is 6.61 Å². The molecule has 1 aromatic rings. The van der Waals surface area contributed by atoms with Crippen molar-refractivity contribution in [3.05, 3.63) is 29.8 Å². The van der Waals surface area contributed by atoms with Crippen molar-refractivity contribution >= 4 is 0 Å². The second-order valence-electron chi connectivity index (χ2n) is 4.53. The van der Waals surface area contributed by atoms with E-state index >= 15 is 0 Å². The Bertz CT molecular complexity index is 309. The van der Waals surface area contributed by atoms with Gasteiger partial charge in [-0.25, -0.2) is 0 Å². The van der Waals surface area contributed by atoms with E-state index in [2.05, 4.69) is 13.8 Å². The minimum absolute atomic E-state index is 0.0256. The average molecular weight is 221 g/mol. The summed E-state index contributed by atoms with van der Waals surface area (Å²) >= 11 is 0. The van der Waals surface area contributed by atoms with Crippen LogP contribution in [-0.4, -0.2) is 6.61 Å². The van der Waals surface area contributed by atoms with Gasteiger partial charge in [0.15, 0.2) is 0 Å². The second kappa shape index (κ2) is 6.54. The largest absolute Gasteiger partial charge is 0.493 e. The summed E-state index contributed by atoms with van der Waals surface area (Å²) in [6.45, 7) is 7.18. The summed E-state index contributed by atoms with van der Waals surface area (Å²) in [4.78, 5) is 0. The Morgan fingerprint density at radius 1 is 1.25 bits per heavy atom. The highest BCUT2D eigenvalue weighted by molar-refractivity contribution is 5.35. The number of ether oxygens (including phenoxy) is 1. The van der Waals surface area contributed by atoms with Crippen LogP contribution in [-0.2, 0) is 0 Å². The Labute approximate surface area is 98.8 Å². The Hall–Kier alpha value is -1.02. The molecule has 1 unspecified atom stereocenters. The van der Waals surface area contributed by atoms with E-state index in [-0.39, 0.29) is 6.04 Å². The van der Waals surface area contributed by atoms with Gasteiger partial charge in [-0.15, -0.1) is 0 Å². The molecule has 90 valence electrons. The van der Waals surface area contributed by atoms with Crippen LogP contribution in [0, 0.1) is 5.92 Å². The zero-order chi connectivity index (χ0) is 12.0. The zero-order valence-electron chi connectivity index (χ0n) is 10.6. The van der Waals surface area contributed by atoms with E-state index in [0.29, 0.717) is 5.92 Å². The molecule has 2 heteroatoms. The standard InChI is InChI=1S/C14H23NO/c1-4-7-11(2)10-16-14-9-6-5-8-13(14)12(3)15/h5-6,8-9,11-12H,4,7,10,15H2,1-3H3/t11?,12-/m1/s1. The zero-order valence-corrected chi connectivity index (χ0v) is 10.6. The van der Waals surface area contributed by atoms with Gasteiger partial charge in [0.1, 0.15) is 5.75 Å². The number of hydrogen-bond donors (Lipinski definition) is 1. The summed E-state index contributed by atoms with van der Waals surface area (Å²) < 4.78 is 5.83. The first-order valence-electron chi connectivity index (χ1n) is 6.12. The molecule has 0 aliphatic rings. The van der Waals surface area contributed by atoms with Crippen molar-refractivity contribution in [2.24, 2.45) is 11.7 Å². The smallest absolute Gasteiger partial charge is 0.124 e. The molecule has 0 saturated heterocycles. The van der Waals surface area contributed by atoms with Crippen LogP contribution >= 0.6 is 0 Å². The summed E-state index contributed by atoms with van der Waals surface area (Å²) in [5.41, 5.74) is 6.99. The molecule has 0 saturated carbocycles. The summed E-state index contributed by atoms with van der Waals surface area (Å²) in [7, 11) is 0. The molecule has 1 rings (SSSR count). The van der Waals surface area contributed by atoms with Gasteiger partial charge in [-0.3, -0.25) is 0 Å². The van der Waals surface area contributed by atoms with Gasteiger partial charge in [0, 0.05) is 11.6 Å². The average Bonchev–Trinajstić information content (AvgIpc) is 2.27. The van der Waals surface area contributed by atoms with Crippen LogP contribution in [0.3, 0.4) is 0 Å². The number of nitrogens with two attached hydrogens (primary N) is 1. The minimum atomic E-state index is 0.0256. The molecular weight excluding hydrogens is 198 g/mol. The number of rotatable bonds is 6. The molecule has 0 aliphatic heterocycles. The quantitative estimate of drug-likeness (QED) is 0.797. The molecule has 0 heterocycles. The fourth-order valence-corrected chi connectivity index (χ4v) is 1.80. The van der Waals surface area contributed by atoms with Gasteiger partial charge < -0.3 is 10.5 Å². The Balaban J connectivity index is 2.59. The van der Waals surface area contributed by atoms with Gasteiger partial charge in [-0.1, -0.05) is 38.5 Å². The van der Waals surface area contributed by atoms with Crippen molar-refractivity contribution < 1.29 is 4.74 Å². The third-order valence-electron chi connectivity index (χ3n) is 2.71. The molecule has 1 aromatic carbocycles. The maximum Gasteiger partial charge on any atom is 0.124 e. The van der Waals surface area contributed by atoms with E-state index in [1.165, 1.54) is 12.8 Å². The van der Waals surface area contributed by atoms with E-state index in [0.717, 1.165) is 17.9 Å². The summed E-state index contributed by atoms with van der Waals surface area (Å²) in [6.07, 6.45) is 2.42. The predicted molar refractivity (Wildman–Crippen MR) is 68.6 cm³/mol. The van der Waals surface area contributed by atoms with Crippen LogP contribution in [0.15, 0.2) is 24.3 Å². The van der Waals surface area contributed by atoms with Crippen molar-refractivity contribution in [2.45, 2.75) is 39.7 Å². The van der Waals surface area contributed by atoms with Crippen LogP contribution in [0.5, 0.6) is 5.75 Å².